The molecule has 0 saturated carbocycles. The molecule has 0 unspecified atom stereocenters. The predicted octanol–water partition coefficient (Wildman–Crippen LogP) is 4.63. The second-order valence-electron chi connectivity index (χ2n) is 5.97. The highest BCUT2D eigenvalue weighted by Crippen LogP contribution is 2.22. The Labute approximate surface area is 155 Å². The number of aromatic nitrogens is 2. The molecule has 3 aromatic rings. The first-order chi connectivity index (χ1) is 12.1. The number of rotatable bonds is 5. The van der Waals surface area contributed by atoms with Gasteiger partial charge in [0.15, 0.2) is 0 Å². The minimum absolute atomic E-state index is 0.189. The summed E-state index contributed by atoms with van der Waals surface area (Å²) < 4.78 is 3.01. The van der Waals surface area contributed by atoms with Crippen LogP contribution in [0.15, 0.2) is 46.9 Å². The molecule has 25 heavy (non-hydrogen) atoms. The van der Waals surface area contributed by atoms with E-state index in [1.54, 1.807) is 0 Å². The van der Waals surface area contributed by atoms with Crippen molar-refractivity contribution < 1.29 is 4.79 Å². The molecule has 0 aliphatic heterocycles. The van der Waals surface area contributed by atoms with E-state index in [-0.39, 0.29) is 6.03 Å². The summed E-state index contributed by atoms with van der Waals surface area (Å²) >= 11 is 3.53. The summed E-state index contributed by atoms with van der Waals surface area (Å²) in [6.07, 6.45) is 0.817. The zero-order chi connectivity index (χ0) is 17.8. The zero-order valence-electron chi connectivity index (χ0n) is 14.3. The van der Waals surface area contributed by atoms with E-state index in [0.29, 0.717) is 6.54 Å². The Hall–Kier alpha value is -2.34. The first-order valence-corrected chi connectivity index (χ1v) is 9.07. The van der Waals surface area contributed by atoms with Crippen LogP contribution in [0.4, 0.5) is 10.5 Å². The molecule has 0 bridgehead atoms. The number of anilines is 1. The highest BCUT2D eigenvalue weighted by molar-refractivity contribution is 9.10. The smallest absolute Gasteiger partial charge is 0.319 e. The summed E-state index contributed by atoms with van der Waals surface area (Å²) in [6.45, 7) is 5.37. The van der Waals surface area contributed by atoms with Gasteiger partial charge < -0.3 is 10.6 Å². The third kappa shape index (κ3) is 4.02. The number of carbonyl (C=O) groups excluding carboxylic acids is 1. The van der Waals surface area contributed by atoms with Crippen LogP contribution < -0.4 is 10.6 Å². The van der Waals surface area contributed by atoms with Gasteiger partial charge >= 0.3 is 6.03 Å². The maximum Gasteiger partial charge on any atom is 0.319 e. The van der Waals surface area contributed by atoms with Crippen LogP contribution in [0.2, 0.25) is 0 Å². The van der Waals surface area contributed by atoms with Crippen LogP contribution in [0.25, 0.3) is 10.8 Å². The predicted molar refractivity (Wildman–Crippen MR) is 105 cm³/mol. The van der Waals surface area contributed by atoms with Gasteiger partial charge in [0.25, 0.3) is 0 Å². The van der Waals surface area contributed by atoms with Crippen molar-refractivity contribution in [3.8, 4) is 0 Å². The van der Waals surface area contributed by atoms with Gasteiger partial charge in [0, 0.05) is 24.2 Å². The van der Waals surface area contributed by atoms with E-state index in [4.69, 9.17) is 0 Å². The Bertz CT molecular complexity index is 898. The summed E-state index contributed by atoms with van der Waals surface area (Å²) in [4.78, 5) is 12.1. The standard InChI is InChI=1S/C19H21BrN4O/c1-13-18(20)14(2)24(23-13)12-6-11-21-19(25)22-17-10-5-8-15-7-3-4-9-16(15)17/h3-5,7-10H,6,11-12H2,1-2H3,(H2,21,22,25). The summed E-state index contributed by atoms with van der Waals surface area (Å²) in [5.74, 6) is 0. The van der Waals surface area contributed by atoms with Crippen molar-refractivity contribution in [2.24, 2.45) is 0 Å². The van der Waals surface area contributed by atoms with Crippen molar-refractivity contribution in [3.63, 3.8) is 0 Å². The van der Waals surface area contributed by atoms with Crippen LogP contribution in [0.1, 0.15) is 17.8 Å². The monoisotopic (exact) mass is 400 g/mol. The minimum atomic E-state index is -0.189. The number of halogens is 1. The fourth-order valence-corrected chi connectivity index (χ4v) is 3.11. The number of fused-ring (bicyclic) bond motifs is 1. The molecule has 2 aromatic carbocycles. The molecule has 1 heterocycles. The van der Waals surface area contributed by atoms with Crippen molar-refractivity contribution in [2.75, 3.05) is 11.9 Å². The quantitative estimate of drug-likeness (QED) is 0.613. The molecule has 0 fully saturated rings. The van der Waals surface area contributed by atoms with Gasteiger partial charge in [-0.25, -0.2) is 4.79 Å². The molecule has 0 spiro atoms. The number of nitrogens with one attached hydrogen (secondary N) is 2. The Balaban J connectivity index is 1.52. The lowest BCUT2D eigenvalue weighted by Gasteiger charge is -2.10. The fourth-order valence-electron chi connectivity index (χ4n) is 2.82. The number of urea groups is 1. The Kier molecular flexibility index (Phi) is 5.38. The van der Waals surface area contributed by atoms with E-state index in [1.165, 1.54) is 0 Å². The molecular formula is C19H21BrN4O. The number of aryl methyl sites for hydroxylation is 2. The Morgan fingerprint density at radius 2 is 1.92 bits per heavy atom. The summed E-state index contributed by atoms with van der Waals surface area (Å²) in [6, 6.07) is 13.7. The third-order valence-electron chi connectivity index (χ3n) is 4.16. The van der Waals surface area contributed by atoms with Crippen LogP contribution in [0.3, 0.4) is 0 Å². The molecule has 6 heteroatoms. The Morgan fingerprint density at radius 1 is 1.16 bits per heavy atom. The molecule has 130 valence electrons. The Morgan fingerprint density at radius 3 is 2.68 bits per heavy atom. The summed E-state index contributed by atoms with van der Waals surface area (Å²) in [7, 11) is 0. The van der Waals surface area contributed by atoms with Gasteiger partial charge in [0.1, 0.15) is 0 Å². The van der Waals surface area contributed by atoms with Crippen LogP contribution in [0, 0.1) is 13.8 Å². The van der Waals surface area contributed by atoms with Crippen molar-refractivity contribution in [3.05, 3.63) is 58.3 Å². The second-order valence-corrected chi connectivity index (χ2v) is 6.76. The molecule has 0 saturated heterocycles. The number of amides is 2. The third-order valence-corrected chi connectivity index (χ3v) is 5.31. The minimum Gasteiger partial charge on any atom is -0.338 e. The van der Waals surface area contributed by atoms with E-state index in [2.05, 4.69) is 31.7 Å². The highest BCUT2D eigenvalue weighted by atomic mass is 79.9. The molecule has 5 nitrogen and oxygen atoms in total. The molecule has 0 atom stereocenters. The van der Waals surface area contributed by atoms with E-state index in [0.717, 1.165) is 45.3 Å². The van der Waals surface area contributed by atoms with Gasteiger partial charge in [0.2, 0.25) is 0 Å². The van der Waals surface area contributed by atoms with E-state index < -0.39 is 0 Å². The number of benzene rings is 2. The molecule has 3 rings (SSSR count). The number of hydrogen-bond donors (Lipinski definition) is 2. The number of hydrogen-bond acceptors (Lipinski definition) is 2. The van der Waals surface area contributed by atoms with Gasteiger partial charge in [0.05, 0.1) is 15.9 Å². The normalized spacial score (nSPS) is 10.8. The van der Waals surface area contributed by atoms with Gasteiger partial charge in [-0.15, -0.1) is 0 Å². The van der Waals surface area contributed by atoms with Gasteiger partial charge in [-0.2, -0.15) is 5.10 Å². The first kappa shape index (κ1) is 17.5. The molecule has 2 amide bonds. The maximum atomic E-state index is 12.1. The van der Waals surface area contributed by atoms with Crippen molar-refractivity contribution >= 4 is 38.4 Å². The van der Waals surface area contributed by atoms with Crippen LogP contribution in [-0.4, -0.2) is 22.4 Å². The van der Waals surface area contributed by atoms with Crippen molar-refractivity contribution in [1.82, 2.24) is 15.1 Å². The number of nitrogens with zero attached hydrogens (tertiary/aromatic N) is 2. The van der Waals surface area contributed by atoms with Crippen LogP contribution >= 0.6 is 15.9 Å². The van der Waals surface area contributed by atoms with Crippen LogP contribution in [0.5, 0.6) is 0 Å². The van der Waals surface area contributed by atoms with Crippen molar-refractivity contribution in [1.29, 1.82) is 0 Å². The largest absolute Gasteiger partial charge is 0.338 e. The molecule has 2 N–H and O–H groups in total. The second kappa shape index (κ2) is 7.70. The average molecular weight is 401 g/mol. The van der Waals surface area contributed by atoms with Crippen LogP contribution in [-0.2, 0) is 6.54 Å². The van der Waals surface area contributed by atoms with Gasteiger partial charge in [-0.3, -0.25) is 4.68 Å². The zero-order valence-corrected chi connectivity index (χ0v) is 15.9. The fraction of sp³-hybridized carbons (Fsp3) is 0.263. The molecule has 0 radical (unpaired) electrons. The van der Waals surface area contributed by atoms with Crippen molar-refractivity contribution in [2.45, 2.75) is 26.8 Å². The number of carbonyl (C=O) groups is 1. The average Bonchev–Trinajstić information content (AvgIpc) is 2.86. The van der Waals surface area contributed by atoms with E-state index in [1.807, 2.05) is 61.0 Å². The lowest BCUT2D eigenvalue weighted by Crippen LogP contribution is -2.30. The summed E-state index contributed by atoms with van der Waals surface area (Å²) in [5, 5.41) is 12.4. The van der Waals surface area contributed by atoms with E-state index >= 15 is 0 Å². The van der Waals surface area contributed by atoms with Gasteiger partial charge in [-0.1, -0.05) is 36.4 Å². The first-order valence-electron chi connectivity index (χ1n) is 8.28. The SMILES string of the molecule is Cc1nn(CCCNC(=O)Nc2cccc3ccccc23)c(C)c1Br. The lowest BCUT2D eigenvalue weighted by atomic mass is 10.1. The molecule has 0 aliphatic rings. The molecule has 0 aliphatic carbocycles. The molecule has 1 aromatic heterocycles. The maximum absolute atomic E-state index is 12.1. The van der Waals surface area contributed by atoms with Gasteiger partial charge in [-0.05, 0) is 47.7 Å². The summed E-state index contributed by atoms with van der Waals surface area (Å²) in [5.41, 5.74) is 2.91. The molecular weight excluding hydrogens is 380 g/mol. The highest BCUT2D eigenvalue weighted by Gasteiger charge is 2.08. The lowest BCUT2D eigenvalue weighted by molar-refractivity contribution is 0.251. The topological polar surface area (TPSA) is 59.0 Å². The van der Waals surface area contributed by atoms with E-state index in [9.17, 15) is 4.79 Å².